The Hall–Kier alpha value is -0.680. The van der Waals surface area contributed by atoms with E-state index in [1.807, 2.05) is 0 Å². The summed E-state index contributed by atoms with van der Waals surface area (Å²) in [6.45, 7) is 8.44. The first-order valence-electron chi connectivity index (χ1n) is 7.06. The summed E-state index contributed by atoms with van der Waals surface area (Å²) < 4.78 is 6.58. The second-order valence-electron chi connectivity index (χ2n) is 5.81. The number of hydrogen-bond donors (Lipinski definition) is 2. The van der Waals surface area contributed by atoms with Crippen LogP contribution in [-0.2, 0) is 6.42 Å². The number of aromatic nitrogens is 2. The Labute approximate surface area is 114 Å². The van der Waals surface area contributed by atoms with Crippen molar-refractivity contribution < 1.29 is 4.89 Å². The van der Waals surface area contributed by atoms with Crippen molar-refractivity contribution in [3.8, 4) is 0 Å². The van der Waals surface area contributed by atoms with E-state index in [0.29, 0.717) is 11.9 Å². The number of hydrogen-bond acceptors (Lipinski definition) is 5. The molecule has 3 heterocycles. The van der Waals surface area contributed by atoms with Gasteiger partial charge in [-0.25, -0.2) is 0 Å². The third kappa shape index (κ3) is 2.50. The van der Waals surface area contributed by atoms with Crippen LogP contribution in [0.2, 0.25) is 0 Å². The van der Waals surface area contributed by atoms with Crippen LogP contribution in [0.1, 0.15) is 25.7 Å². The fraction of sp³-hybridized carbons (Fsp3) is 0.750. The number of imidazole rings is 1. The molecule has 0 aliphatic carbocycles. The molecule has 19 heavy (non-hydrogen) atoms. The maximum absolute atomic E-state index is 10.9. The molecule has 2 fully saturated rings. The normalized spacial score (nSPS) is 21.1. The predicted octanol–water partition coefficient (Wildman–Crippen LogP) is 0.707. The Morgan fingerprint density at radius 3 is 2.37 bits per heavy atom. The van der Waals surface area contributed by atoms with Gasteiger partial charge in [-0.3, -0.25) is 0 Å². The summed E-state index contributed by atoms with van der Waals surface area (Å²) in [4.78, 5) is 15.3. The molecule has 0 atom stereocenters. The molecule has 0 saturated carbocycles. The number of nitrogens with zero attached hydrogens (tertiary/aromatic N) is 4. The molecule has 0 bridgehead atoms. The van der Waals surface area contributed by atoms with Gasteiger partial charge < -0.3 is 0 Å². The Morgan fingerprint density at radius 1 is 1.32 bits per heavy atom. The van der Waals surface area contributed by atoms with Crippen molar-refractivity contribution in [2.75, 3.05) is 38.1 Å². The molecule has 2 aliphatic heterocycles. The molecule has 3 rings (SSSR count). The molecule has 0 radical (unpaired) electrons. The first-order valence-corrected chi connectivity index (χ1v) is 9.11. The molecular weight excluding hydrogens is 261 g/mol. The molecule has 1 aromatic rings. The van der Waals surface area contributed by atoms with Gasteiger partial charge in [0, 0.05) is 0 Å². The molecule has 0 unspecified atom stereocenters. The number of aryl methyl sites for hydroxylation is 1. The van der Waals surface area contributed by atoms with Crippen LogP contribution in [0.3, 0.4) is 0 Å². The Kier molecular flexibility index (Phi) is 3.29. The van der Waals surface area contributed by atoms with E-state index in [1.54, 1.807) is 6.20 Å². The third-order valence-electron chi connectivity index (χ3n) is 4.01. The van der Waals surface area contributed by atoms with Crippen molar-refractivity contribution >= 4 is 13.6 Å². The molecule has 2 aliphatic rings. The second-order valence-corrected chi connectivity index (χ2v) is 9.13. The number of nitrogens with two attached hydrogens (primary N) is 1. The fourth-order valence-corrected chi connectivity index (χ4v) is 6.03. The van der Waals surface area contributed by atoms with Crippen LogP contribution in [-0.4, -0.2) is 56.1 Å². The molecule has 2 saturated heterocycles. The van der Waals surface area contributed by atoms with Gasteiger partial charge in [0.25, 0.3) is 0 Å². The van der Waals surface area contributed by atoms with Crippen LogP contribution in [0.4, 0.5) is 5.82 Å². The van der Waals surface area contributed by atoms with Crippen LogP contribution >= 0.6 is 7.79 Å². The Balaban J connectivity index is 1.71. The standard InChI is InChI=1S/C12H24N5OP/c1-10(2)17-11(13)9-14-12(17)3-8-19(18,15-4-5-15)16-6-7-16/h9-10,18-19H,3-8,13H2,1-2H3. The van der Waals surface area contributed by atoms with E-state index in [1.165, 1.54) is 0 Å². The quantitative estimate of drug-likeness (QED) is 0.595. The molecule has 1 aromatic heterocycles. The summed E-state index contributed by atoms with van der Waals surface area (Å²) >= 11 is 0. The van der Waals surface area contributed by atoms with Gasteiger partial charge in [-0.1, -0.05) is 0 Å². The molecule has 108 valence electrons. The summed E-state index contributed by atoms with van der Waals surface area (Å²) in [5.74, 6) is 1.72. The van der Waals surface area contributed by atoms with Gasteiger partial charge in [-0.2, -0.15) is 0 Å². The summed E-state index contributed by atoms with van der Waals surface area (Å²) in [5, 5.41) is 0. The fourth-order valence-electron chi connectivity index (χ4n) is 2.81. The van der Waals surface area contributed by atoms with Gasteiger partial charge in [0.1, 0.15) is 0 Å². The molecule has 3 N–H and O–H groups in total. The molecule has 0 amide bonds. The SMILES string of the molecule is CC(C)n1c(N)cnc1CC[PH](O)(N1CC1)N1CC1. The first-order chi connectivity index (χ1) is 9.02. The molecular formula is C12H24N5OP. The van der Waals surface area contributed by atoms with Crippen LogP contribution in [0, 0.1) is 0 Å². The van der Waals surface area contributed by atoms with Gasteiger partial charge in [0.2, 0.25) is 0 Å². The van der Waals surface area contributed by atoms with Crippen LogP contribution < -0.4 is 5.73 Å². The van der Waals surface area contributed by atoms with E-state index in [0.717, 1.165) is 44.6 Å². The zero-order valence-electron chi connectivity index (χ0n) is 11.7. The molecule has 6 nitrogen and oxygen atoms in total. The van der Waals surface area contributed by atoms with Crippen molar-refractivity contribution in [1.29, 1.82) is 0 Å². The van der Waals surface area contributed by atoms with Crippen molar-refractivity contribution in [2.45, 2.75) is 26.3 Å². The molecule has 0 spiro atoms. The average molecular weight is 285 g/mol. The van der Waals surface area contributed by atoms with E-state index < -0.39 is 7.79 Å². The molecule has 7 heteroatoms. The summed E-state index contributed by atoms with van der Waals surface area (Å²) in [6.07, 6.45) is 3.37. The third-order valence-corrected chi connectivity index (χ3v) is 7.85. The minimum atomic E-state index is -2.34. The van der Waals surface area contributed by atoms with Crippen LogP contribution in [0.5, 0.6) is 0 Å². The van der Waals surface area contributed by atoms with Gasteiger partial charge in [-0.05, 0) is 0 Å². The Bertz CT molecular complexity index is 455. The first kappa shape index (κ1) is 13.3. The van der Waals surface area contributed by atoms with E-state index in [9.17, 15) is 4.89 Å². The zero-order valence-corrected chi connectivity index (χ0v) is 12.7. The maximum atomic E-state index is 10.9. The second kappa shape index (κ2) is 4.70. The summed E-state index contributed by atoms with van der Waals surface area (Å²) in [7, 11) is -2.34. The van der Waals surface area contributed by atoms with E-state index in [-0.39, 0.29) is 0 Å². The monoisotopic (exact) mass is 285 g/mol. The number of nitrogen functional groups attached to an aromatic ring is 1. The van der Waals surface area contributed by atoms with E-state index in [2.05, 4.69) is 32.7 Å². The van der Waals surface area contributed by atoms with Gasteiger partial charge in [-0.15, -0.1) is 0 Å². The van der Waals surface area contributed by atoms with Gasteiger partial charge in [0.05, 0.1) is 0 Å². The minimum absolute atomic E-state index is 0.315. The van der Waals surface area contributed by atoms with Gasteiger partial charge in [0.15, 0.2) is 0 Å². The zero-order chi connectivity index (χ0) is 13.6. The van der Waals surface area contributed by atoms with Crippen molar-refractivity contribution in [3.63, 3.8) is 0 Å². The van der Waals surface area contributed by atoms with Crippen molar-refractivity contribution in [3.05, 3.63) is 12.0 Å². The van der Waals surface area contributed by atoms with E-state index in [4.69, 9.17) is 5.73 Å². The predicted molar refractivity (Wildman–Crippen MR) is 79.3 cm³/mol. The molecule has 0 aromatic carbocycles. The average Bonchev–Trinajstić information content (AvgIpc) is 3.23. The summed E-state index contributed by atoms with van der Waals surface area (Å²) in [6, 6.07) is 0.315. The Morgan fingerprint density at radius 2 is 1.89 bits per heavy atom. The van der Waals surface area contributed by atoms with E-state index >= 15 is 0 Å². The topological polar surface area (TPSA) is 70.1 Å². The van der Waals surface area contributed by atoms with Gasteiger partial charge >= 0.3 is 114 Å². The van der Waals surface area contributed by atoms with Crippen LogP contribution in [0.25, 0.3) is 0 Å². The van der Waals surface area contributed by atoms with Crippen molar-refractivity contribution in [2.24, 2.45) is 0 Å². The van der Waals surface area contributed by atoms with Crippen LogP contribution in [0.15, 0.2) is 6.20 Å². The number of anilines is 1. The summed E-state index contributed by atoms with van der Waals surface area (Å²) in [5.41, 5.74) is 5.95. The number of rotatable bonds is 6. The van der Waals surface area contributed by atoms with Crippen molar-refractivity contribution in [1.82, 2.24) is 18.9 Å².